The van der Waals surface area contributed by atoms with Crippen molar-refractivity contribution in [1.82, 2.24) is 15.3 Å². The molecule has 6 nitrogen and oxygen atoms in total. The molecule has 1 heterocycles. The second kappa shape index (κ2) is 9.80. The second-order valence-electron chi connectivity index (χ2n) is 4.15. The molecule has 1 atom stereocenters. The van der Waals surface area contributed by atoms with Crippen LogP contribution in [0.4, 0.5) is 0 Å². The number of aliphatic hydroxyl groups excluding tert-OH is 1. The largest absolute Gasteiger partial charge is 0.389 e. The van der Waals surface area contributed by atoms with Crippen LogP contribution in [0.1, 0.15) is 18.4 Å². The number of hydrogen-bond acceptors (Lipinski definition) is 6. The Kier molecular flexibility index (Phi) is 8.24. The van der Waals surface area contributed by atoms with Crippen molar-refractivity contribution in [2.75, 3.05) is 33.0 Å². The molecule has 108 valence electrons. The van der Waals surface area contributed by atoms with Crippen molar-refractivity contribution in [3.63, 3.8) is 0 Å². The average molecular weight is 269 g/mol. The van der Waals surface area contributed by atoms with Crippen molar-refractivity contribution in [3.05, 3.63) is 23.8 Å². The van der Waals surface area contributed by atoms with Gasteiger partial charge in [-0.15, -0.1) is 0 Å². The Morgan fingerprint density at radius 2 is 2.16 bits per heavy atom. The van der Waals surface area contributed by atoms with E-state index in [2.05, 4.69) is 15.3 Å². The van der Waals surface area contributed by atoms with Crippen LogP contribution < -0.4 is 5.32 Å². The summed E-state index contributed by atoms with van der Waals surface area (Å²) < 4.78 is 10.4. The van der Waals surface area contributed by atoms with Crippen molar-refractivity contribution in [1.29, 1.82) is 0 Å². The second-order valence-corrected chi connectivity index (χ2v) is 4.15. The Bertz CT molecular complexity index is 350. The Labute approximate surface area is 114 Å². The molecule has 0 radical (unpaired) electrons. The van der Waals surface area contributed by atoms with E-state index in [9.17, 15) is 5.11 Å². The molecule has 1 rings (SSSR count). The highest BCUT2D eigenvalue weighted by Crippen LogP contribution is 1.94. The van der Waals surface area contributed by atoms with E-state index in [1.165, 1.54) is 0 Å². The SMILES string of the molecule is CCOCCOCC(O)CNCc1ccnc(C)n1. The highest BCUT2D eigenvalue weighted by atomic mass is 16.5. The Hall–Kier alpha value is -1.08. The summed E-state index contributed by atoms with van der Waals surface area (Å²) in [5, 5.41) is 12.8. The molecule has 0 spiro atoms. The van der Waals surface area contributed by atoms with Gasteiger partial charge in [-0.2, -0.15) is 0 Å². The zero-order chi connectivity index (χ0) is 13.9. The molecule has 6 heteroatoms. The lowest BCUT2D eigenvalue weighted by Crippen LogP contribution is -2.30. The van der Waals surface area contributed by atoms with Gasteiger partial charge in [0.15, 0.2) is 0 Å². The van der Waals surface area contributed by atoms with Gasteiger partial charge in [0.05, 0.1) is 31.6 Å². The molecule has 19 heavy (non-hydrogen) atoms. The number of hydrogen-bond donors (Lipinski definition) is 2. The average Bonchev–Trinajstić information content (AvgIpc) is 2.38. The van der Waals surface area contributed by atoms with Gasteiger partial charge in [0.1, 0.15) is 5.82 Å². The molecule has 1 aromatic rings. The zero-order valence-corrected chi connectivity index (χ0v) is 11.6. The van der Waals surface area contributed by atoms with Crippen LogP contribution in [0.15, 0.2) is 12.3 Å². The molecule has 1 aromatic heterocycles. The lowest BCUT2D eigenvalue weighted by molar-refractivity contribution is 0.00640. The first kappa shape index (κ1) is 16.0. The number of aryl methyl sites for hydroxylation is 1. The maximum absolute atomic E-state index is 9.68. The number of aromatic nitrogens is 2. The van der Waals surface area contributed by atoms with Crippen molar-refractivity contribution >= 4 is 0 Å². The number of ether oxygens (including phenoxy) is 2. The summed E-state index contributed by atoms with van der Waals surface area (Å²) in [6, 6.07) is 1.85. The molecule has 1 unspecified atom stereocenters. The first-order valence-corrected chi connectivity index (χ1v) is 6.55. The first-order chi connectivity index (χ1) is 9.22. The molecule has 0 bridgehead atoms. The van der Waals surface area contributed by atoms with Gasteiger partial charge in [-0.25, -0.2) is 9.97 Å². The summed E-state index contributed by atoms with van der Waals surface area (Å²) in [6.45, 7) is 6.94. The quantitative estimate of drug-likeness (QED) is 0.595. The van der Waals surface area contributed by atoms with Crippen LogP contribution in [0.3, 0.4) is 0 Å². The molecule has 0 aromatic carbocycles. The van der Waals surface area contributed by atoms with E-state index in [4.69, 9.17) is 9.47 Å². The van der Waals surface area contributed by atoms with E-state index in [-0.39, 0.29) is 0 Å². The predicted octanol–water partition coefficient (Wildman–Crippen LogP) is 0.289. The van der Waals surface area contributed by atoms with Crippen LogP contribution in [0.2, 0.25) is 0 Å². The van der Waals surface area contributed by atoms with Crippen LogP contribution in [0.25, 0.3) is 0 Å². The molecule has 0 aliphatic rings. The van der Waals surface area contributed by atoms with Gasteiger partial charge in [-0.3, -0.25) is 0 Å². The normalized spacial score (nSPS) is 12.6. The lowest BCUT2D eigenvalue weighted by Gasteiger charge is -2.12. The van der Waals surface area contributed by atoms with Crippen LogP contribution >= 0.6 is 0 Å². The molecule has 0 amide bonds. The van der Waals surface area contributed by atoms with Crippen molar-refractivity contribution in [2.24, 2.45) is 0 Å². The Morgan fingerprint density at radius 1 is 1.37 bits per heavy atom. The van der Waals surface area contributed by atoms with Gasteiger partial charge in [-0.05, 0) is 19.9 Å². The lowest BCUT2D eigenvalue weighted by atomic mass is 10.3. The van der Waals surface area contributed by atoms with E-state index in [0.29, 0.717) is 39.5 Å². The molecule has 0 aliphatic heterocycles. The Morgan fingerprint density at radius 3 is 2.89 bits per heavy atom. The fraction of sp³-hybridized carbons (Fsp3) is 0.692. The summed E-state index contributed by atoms with van der Waals surface area (Å²) in [7, 11) is 0. The van der Waals surface area contributed by atoms with Crippen LogP contribution in [0.5, 0.6) is 0 Å². The summed E-state index contributed by atoms with van der Waals surface area (Å²) >= 11 is 0. The molecule has 0 saturated heterocycles. The minimum atomic E-state index is -0.524. The topological polar surface area (TPSA) is 76.5 Å². The van der Waals surface area contributed by atoms with Gasteiger partial charge in [0, 0.05) is 25.9 Å². The van der Waals surface area contributed by atoms with Gasteiger partial charge in [0.25, 0.3) is 0 Å². The third-order valence-corrected chi connectivity index (χ3v) is 2.41. The summed E-state index contributed by atoms with van der Waals surface area (Å²) in [4.78, 5) is 8.29. The maximum atomic E-state index is 9.68. The minimum absolute atomic E-state index is 0.308. The Balaban J connectivity index is 2.05. The van der Waals surface area contributed by atoms with Gasteiger partial charge < -0.3 is 19.9 Å². The fourth-order valence-electron chi connectivity index (χ4n) is 1.51. The molecule has 0 saturated carbocycles. The fourth-order valence-corrected chi connectivity index (χ4v) is 1.51. The third-order valence-electron chi connectivity index (χ3n) is 2.41. The van der Waals surface area contributed by atoms with E-state index < -0.39 is 6.10 Å². The van der Waals surface area contributed by atoms with Gasteiger partial charge >= 0.3 is 0 Å². The third kappa shape index (κ3) is 7.84. The van der Waals surface area contributed by atoms with Gasteiger partial charge in [0.2, 0.25) is 0 Å². The highest BCUT2D eigenvalue weighted by molar-refractivity contribution is 5.00. The van der Waals surface area contributed by atoms with Crippen LogP contribution in [0, 0.1) is 6.92 Å². The summed E-state index contributed by atoms with van der Waals surface area (Å²) in [6.07, 6.45) is 1.21. The van der Waals surface area contributed by atoms with Crippen molar-refractivity contribution in [2.45, 2.75) is 26.5 Å². The van der Waals surface area contributed by atoms with Crippen molar-refractivity contribution in [3.8, 4) is 0 Å². The van der Waals surface area contributed by atoms with E-state index >= 15 is 0 Å². The summed E-state index contributed by atoms with van der Waals surface area (Å²) in [5.74, 6) is 0.749. The number of rotatable bonds is 10. The number of nitrogens with zero attached hydrogens (tertiary/aromatic N) is 2. The smallest absolute Gasteiger partial charge is 0.125 e. The molecule has 2 N–H and O–H groups in total. The number of aliphatic hydroxyl groups is 1. The zero-order valence-electron chi connectivity index (χ0n) is 11.6. The molecular formula is C13H23N3O3. The highest BCUT2D eigenvalue weighted by Gasteiger charge is 2.04. The number of nitrogens with one attached hydrogen (secondary N) is 1. The minimum Gasteiger partial charge on any atom is -0.389 e. The maximum Gasteiger partial charge on any atom is 0.125 e. The molecular weight excluding hydrogens is 246 g/mol. The van der Waals surface area contributed by atoms with Crippen molar-refractivity contribution < 1.29 is 14.6 Å². The molecule has 0 aliphatic carbocycles. The van der Waals surface area contributed by atoms with E-state index in [1.807, 2.05) is 19.9 Å². The van der Waals surface area contributed by atoms with Gasteiger partial charge in [-0.1, -0.05) is 0 Å². The van der Waals surface area contributed by atoms with Crippen LogP contribution in [-0.4, -0.2) is 54.2 Å². The summed E-state index contributed by atoms with van der Waals surface area (Å²) in [5.41, 5.74) is 0.914. The predicted molar refractivity (Wildman–Crippen MR) is 71.8 cm³/mol. The first-order valence-electron chi connectivity index (χ1n) is 6.55. The van der Waals surface area contributed by atoms with E-state index in [0.717, 1.165) is 11.5 Å². The molecule has 0 fully saturated rings. The monoisotopic (exact) mass is 269 g/mol. The van der Waals surface area contributed by atoms with E-state index in [1.54, 1.807) is 6.20 Å². The standard InChI is InChI=1S/C13H23N3O3/c1-3-18-6-7-19-10-13(17)9-14-8-12-4-5-15-11(2)16-12/h4-5,13-14,17H,3,6-10H2,1-2H3. The van der Waals surface area contributed by atoms with Crippen LogP contribution in [-0.2, 0) is 16.0 Å².